The number of aromatic amines is 1. The third-order valence-corrected chi connectivity index (χ3v) is 3.85. The number of hydrogen-bond donors (Lipinski definition) is 1. The maximum absolute atomic E-state index is 12.7. The Bertz CT molecular complexity index is 557. The first-order valence-electron chi connectivity index (χ1n) is 5.98. The number of ether oxygens (including phenoxy) is 1. The standard InChI is InChI=1S/C12H15BrF4N2OS/c1-11(2,3)8-7(13)9(21)19-6(18-8)4-20-5-12(16,17)10(14)15/h10H,4-5H2,1-3H3,(H,18,19,21). The maximum Gasteiger partial charge on any atom is 0.330 e. The Morgan fingerprint density at radius 3 is 2.38 bits per heavy atom. The molecule has 0 spiro atoms. The van der Waals surface area contributed by atoms with Crippen molar-refractivity contribution in [3.05, 3.63) is 20.6 Å². The van der Waals surface area contributed by atoms with E-state index in [4.69, 9.17) is 12.2 Å². The Kier molecular flexibility index (Phi) is 5.91. The van der Waals surface area contributed by atoms with Gasteiger partial charge in [-0.1, -0.05) is 33.0 Å². The van der Waals surface area contributed by atoms with E-state index in [1.807, 2.05) is 20.8 Å². The lowest BCUT2D eigenvalue weighted by atomic mass is 9.92. The van der Waals surface area contributed by atoms with E-state index in [1.54, 1.807) is 0 Å². The van der Waals surface area contributed by atoms with E-state index in [1.165, 1.54) is 0 Å². The molecular weight excluding hydrogens is 376 g/mol. The highest BCUT2D eigenvalue weighted by molar-refractivity contribution is 9.10. The van der Waals surface area contributed by atoms with Gasteiger partial charge in [-0.25, -0.2) is 13.8 Å². The topological polar surface area (TPSA) is 37.9 Å². The summed E-state index contributed by atoms with van der Waals surface area (Å²) >= 11 is 8.37. The third kappa shape index (κ3) is 5.00. The number of nitrogens with one attached hydrogen (secondary N) is 1. The Morgan fingerprint density at radius 1 is 1.33 bits per heavy atom. The molecule has 3 nitrogen and oxygen atoms in total. The predicted molar refractivity (Wildman–Crippen MR) is 76.4 cm³/mol. The number of aromatic nitrogens is 2. The van der Waals surface area contributed by atoms with Gasteiger partial charge in [0.2, 0.25) is 0 Å². The van der Waals surface area contributed by atoms with E-state index in [-0.39, 0.29) is 22.5 Å². The van der Waals surface area contributed by atoms with E-state index in [9.17, 15) is 17.6 Å². The molecule has 0 saturated carbocycles. The maximum atomic E-state index is 12.7. The third-order valence-electron chi connectivity index (χ3n) is 2.52. The van der Waals surface area contributed by atoms with Gasteiger partial charge >= 0.3 is 12.3 Å². The largest absolute Gasteiger partial charge is 0.367 e. The van der Waals surface area contributed by atoms with E-state index < -0.39 is 19.0 Å². The Hall–Kier alpha value is -0.540. The van der Waals surface area contributed by atoms with Crippen LogP contribution >= 0.6 is 28.1 Å². The van der Waals surface area contributed by atoms with Crippen LogP contribution in [-0.2, 0) is 16.8 Å². The summed E-state index contributed by atoms with van der Waals surface area (Å²) in [6, 6.07) is 0. The molecule has 1 aromatic rings. The lowest BCUT2D eigenvalue weighted by molar-refractivity contribution is -0.168. The zero-order valence-corrected chi connectivity index (χ0v) is 14.0. The van der Waals surface area contributed by atoms with Gasteiger partial charge in [0.15, 0.2) is 0 Å². The quantitative estimate of drug-likeness (QED) is 0.588. The summed E-state index contributed by atoms with van der Waals surface area (Å²) in [7, 11) is 0. The summed E-state index contributed by atoms with van der Waals surface area (Å²) in [4.78, 5) is 6.89. The Balaban J connectivity index is 2.87. The molecule has 0 saturated heterocycles. The summed E-state index contributed by atoms with van der Waals surface area (Å²) in [5.74, 6) is -3.97. The van der Waals surface area contributed by atoms with Crippen molar-refractivity contribution in [1.82, 2.24) is 9.97 Å². The lowest BCUT2D eigenvalue weighted by Gasteiger charge is -2.21. The molecular formula is C12H15BrF4N2OS. The fourth-order valence-electron chi connectivity index (χ4n) is 1.44. The highest BCUT2D eigenvalue weighted by Crippen LogP contribution is 2.28. The van der Waals surface area contributed by atoms with Crippen LogP contribution in [0.3, 0.4) is 0 Å². The van der Waals surface area contributed by atoms with Gasteiger partial charge in [0, 0.05) is 11.1 Å². The highest BCUT2D eigenvalue weighted by Gasteiger charge is 2.41. The van der Waals surface area contributed by atoms with Crippen LogP contribution in [0.25, 0.3) is 0 Å². The highest BCUT2D eigenvalue weighted by atomic mass is 79.9. The summed E-state index contributed by atoms with van der Waals surface area (Å²) in [6.07, 6.45) is -3.76. The molecule has 21 heavy (non-hydrogen) atoms. The molecule has 1 heterocycles. The van der Waals surface area contributed by atoms with Crippen LogP contribution < -0.4 is 0 Å². The normalized spacial score (nSPS) is 13.0. The summed E-state index contributed by atoms with van der Waals surface area (Å²) in [6.45, 7) is 4.03. The average Bonchev–Trinajstić information content (AvgIpc) is 2.31. The van der Waals surface area contributed by atoms with Gasteiger partial charge in [-0.15, -0.1) is 0 Å². The van der Waals surface area contributed by atoms with Gasteiger partial charge in [0.1, 0.15) is 23.7 Å². The van der Waals surface area contributed by atoms with Crippen LogP contribution in [0.2, 0.25) is 0 Å². The molecule has 1 N–H and O–H groups in total. The molecule has 0 aliphatic heterocycles. The molecule has 0 amide bonds. The smallest absolute Gasteiger partial charge is 0.330 e. The number of halogens is 5. The fourth-order valence-corrected chi connectivity index (χ4v) is 2.43. The van der Waals surface area contributed by atoms with Crippen molar-refractivity contribution in [2.75, 3.05) is 6.61 Å². The molecule has 0 aromatic carbocycles. The molecule has 0 atom stereocenters. The molecule has 1 rings (SSSR count). The van der Waals surface area contributed by atoms with Crippen LogP contribution in [0.1, 0.15) is 32.3 Å². The van der Waals surface area contributed by atoms with Crippen LogP contribution in [0, 0.1) is 4.64 Å². The van der Waals surface area contributed by atoms with Gasteiger partial charge in [-0.3, -0.25) is 0 Å². The first-order valence-corrected chi connectivity index (χ1v) is 7.18. The van der Waals surface area contributed by atoms with Crippen LogP contribution in [0.5, 0.6) is 0 Å². The second-order valence-corrected chi connectivity index (χ2v) is 6.66. The molecule has 0 radical (unpaired) electrons. The van der Waals surface area contributed by atoms with Gasteiger partial charge < -0.3 is 9.72 Å². The molecule has 1 aromatic heterocycles. The second-order valence-electron chi connectivity index (χ2n) is 5.48. The Morgan fingerprint density at radius 2 is 1.90 bits per heavy atom. The summed E-state index contributed by atoms with van der Waals surface area (Å²) in [5, 5.41) is 0. The monoisotopic (exact) mass is 390 g/mol. The lowest BCUT2D eigenvalue weighted by Crippen LogP contribution is -2.32. The van der Waals surface area contributed by atoms with Crippen molar-refractivity contribution in [3.8, 4) is 0 Å². The first-order chi connectivity index (χ1) is 9.45. The van der Waals surface area contributed by atoms with E-state index in [2.05, 4.69) is 30.6 Å². The second kappa shape index (κ2) is 6.70. The predicted octanol–water partition coefficient (Wildman–Crippen LogP) is 4.62. The number of alkyl halides is 4. The summed E-state index contributed by atoms with van der Waals surface area (Å²) < 4.78 is 54.9. The molecule has 0 aliphatic carbocycles. The zero-order chi connectivity index (χ0) is 16.4. The minimum absolute atomic E-state index is 0.207. The van der Waals surface area contributed by atoms with E-state index in [0.717, 1.165) is 5.69 Å². The van der Waals surface area contributed by atoms with Gasteiger partial charge in [0.05, 0.1) is 4.47 Å². The first kappa shape index (κ1) is 18.5. The van der Waals surface area contributed by atoms with Crippen molar-refractivity contribution in [3.63, 3.8) is 0 Å². The number of rotatable bonds is 5. The van der Waals surface area contributed by atoms with Gasteiger partial charge in [0.25, 0.3) is 0 Å². The van der Waals surface area contributed by atoms with Crippen molar-refractivity contribution in [2.24, 2.45) is 0 Å². The van der Waals surface area contributed by atoms with Crippen molar-refractivity contribution < 1.29 is 22.3 Å². The molecule has 120 valence electrons. The number of H-pyrrole nitrogens is 1. The van der Waals surface area contributed by atoms with Crippen LogP contribution in [0.15, 0.2) is 4.47 Å². The minimum atomic E-state index is -4.18. The SMILES string of the molecule is CC(C)(C)c1[nH]c(COCC(F)(F)C(F)F)nc(=S)c1Br. The zero-order valence-electron chi connectivity index (χ0n) is 11.6. The summed E-state index contributed by atoms with van der Waals surface area (Å²) in [5.41, 5.74) is 0.429. The Labute approximate surface area is 133 Å². The fraction of sp³-hybridized carbons (Fsp3) is 0.667. The molecule has 9 heteroatoms. The molecule has 0 bridgehead atoms. The number of hydrogen-bond acceptors (Lipinski definition) is 3. The van der Waals surface area contributed by atoms with Crippen molar-refractivity contribution >= 4 is 28.1 Å². The van der Waals surface area contributed by atoms with Crippen molar-refractivity contribution in [1.29, 1.82) is 0 Å². The minimum Gasteiger partial charge on any atom is -0.367 e. The molecule has 0 unspecified atom stereocenters. The van der Waals surface area contributed by atoms with E-state index in [0.29, 0.717) is 4.47 Å². The van der Waals surface area contributed by atoms with Crippen LogP contribution in [-0.4, -0.2) is 28.9 Å². The molecule has 0 fully saturated rings. The van der Waals surface area contributed by atoms with Gasteiger partial charge in [-0.05, 0) is 15.9 Å². The van der Waals surface area contributed by atoms with Crippen molar-refractivity contribution in [2.45, 2.75) is 45.1 Å². The molecule has 0 aliphatic rings. The van der Waals surface area contributed by atoms with Crippen LogP contribution in [0.4, 0.5) is 17.6 Å². The van der Waals surface area contributed by atoms with E-state index >= 15 is 0 Å². The number of nitrogens with zero attached hydrogens (tertiary/aromatic N) is 1. The van der Waals surface area contributed by atoms with Gasteiger partial charge in [-0.2, -0.15) is 8.78 Å². The average molecular weight is 391 g/mol.